The summed E-state index contributed by atoms with van der Waals surface area (Å²) in [5.74, 6) is -0.476. The van der Waals surface area contributed by atoms with E-state index in [1.54, 1.807) is 42.5 Å². The van der Waals surface area contributed by atoms with E-state index in [4.69, 9.17) is 11.6 Å². The fourth-order valence-corrected chi connectivity index (χ4v) is 4.91. The molecular weight excluding hydrogens is 621 g/mol. The van der Waals surface area contributed by atoms with Gasteiger partial charge in [0.15, 0.2) is 9.84 Å². The summed E-state index contributed by atoms with van der Waals surface area (Å²) in [6.45, 7) is 1.09. The van der Waals surface area contributed by atoms with Gasteiger partial charge >= 0.3 is 29.6 Å². The van der Waals surface area contributed by atoms with Gasteiger partial charge in [-0.2, -0.15) is 20.1 Å². The van der Waals surface area contributed by atoms with Crippen LogP contribution in [0.2, 0.25) is 5.28 Å². The van der Waals surface area contributed by atoms with E-state index in [-0.39, 0.29) is 57.4 Å². The van der Waals surface area contributed by atoms with E-state index in [1.165, 1.54) is 24.3 Å². The molecule has 0 radical (unpaired) electrons. The number of aromatic hydroxyl groups is 1. The van der Waals surface area contributed by atoms with Gasteiger partial charge in [-0.25, -0.2) is 16.8 Å². The van der Waals surface area contributed by atoms with Gasteiger partial charge in [0.2, 0.25) is 27.6 Å². The third-order valence-electron chi connectivity index (χ3n) is 5.18. The molecule has 214 valence electrons. The Bertz CT molecular complexity index is 1790. The Morgan fingerprint density at radius 2 is 1.45 bits per heavy atom. The monoisotopic (exact) mass is 641 g/mol. The van der Waals surface area contributed by atoms with Crippen molar-refractivity contribution in [3.8, 4) is 5.75 Å². The molecule has 0 aliphatic heterocycles. The summed E-state index contributed by atoms with van der Waals surface area (Å²) in [7, 11) is -8.89. The minimum atomic E-state index is -4.99. The third-order valence-corrected chi connectivity index (χ3v) is 7.50. The number of hydrogen-bond acceptors (Lipinski definition) is 14. The van der Waals surface area contributed by atoms with Crippen LogP contribution in [0.4, 0.5) is 34.6 Å². The van der Waals surface area contributed by atoms with E-state index in [1.807, 2.05) is 6.92 Å². The number of halogens is 1. The summed E-state index contributed by atoms with van der Waals surface area (Å²) >= 11 is 6.05. The molecule has 1 heterocycles. The van der Waals surface area contributed by atoms with Crippen molar-refractivity contribution in [3.05, 3.63) is 77.6 Å². The number of nitrogens with one attached hydrogen (secondary N) is 2. The van der Waals surface area contributed by atoms with E-state index < -0.39 is 32.6 Å². The zero-order valence-corrected chi connectivity index (χ0v) is 26.5. The van der Waals surface area contributed by atoms with Crippen LogP contribution in [0.25, 0.3) is 0 Å². The average Bonchev–Trinajstić information content (AvgIpc) is 2.89. The molecular formula is C24H21ClN7NaO7S2. The molecule has 0 fully saturated rings. The molecule has 3 N–H and O–H groups in total. The van der Waals surface area contributed by atoms with Crippen LogP contribution in [-0.2, 0) is 24.4 Å². The summed E-state index contributed by atoms with van der Waals surface area (Å²) in [4.78, 5) is 12.2. The first-order valence-corrected chi connectivity index (χ1v) is 14.9. The van der Waals surface area contributed by atoms with Crippen LogP contribution in [0.15, 0.2) is 81.9 Å². The van der Waals surface area contributed by atoms with E-state index >= 15 is 0 Å². The second kappa shape index (κ2) is 14.3. The Kier molecular flexibility index (Phi) is 11.3. The second-order valence-corrected chi connectivity index (χ2v) is 11.8. The van der Waals surface area contributed by atoms with Crippen LogP contribution in [0.5, 0.6) is 5.75 Å². The molecule has 0 spiro atoms. The van der Waals surface area contributed by atoms with Crippen molar-refractivity contribution >= 4 is 66.5 Å². The van der Waals surface area contributed by atoms with E-state index in [2.05, 4.69) is 40.0 Å². The maximum atomic E-state index is 12.3. The average molecular weight is 642 g/mol. The Morgan fingerprint density at radius 3 is 2.02 bits per heavy atom. The molecule has 0 saturated heterocycles. The van der Waals surface area contributed by atoms with Crippen LogP contribution in [0, 0.1) is 6.92 Å². The predicted molar refractivity (Wildman–Crippen MR) is 149 cm³/mol. The van der Waals surface area contributed by atoms with Crippen molar-refractivity contribution in [2.24, 2.45) is 10.2 Å². The second-order valence-electron chi connectivity index (χ2n) is 8.31. The number of aromatic nitrogens is 3. The molecule has 0 aliphatic carbocycles. The normalized spacial score (nSPS) is 11.7. The van der Waals surface area contributed by atoms with Crippen molar-refractivity contribution < 1.29 is 60.2 Å². The number of anilines is 4. The molecule has 18 heteroatoms. The maximum absolute atomic E-state index is 12.3. The molecule has 0 bridgehead atoms. The zero-order chi connectivity index (χ0) is 29.6. The molecule has 14 nitrogen and oxygen atoms in total. The molecule has 0 atom stereocenters. The van der Waals surface area contributed by atoms with Gasteiger partial charge in [0.05, 0.1) is 22.9 Å². The number of rotatable bonds is 11. The molecule has 1 aromatic heterocycles. The summed E-state index contributed by atoms with van der Waals surface area (Å²) in [6.07, 6.45) is 0. The van der Waals surface area contributed by atoms with Gasteiger partial charge in [0, 0.05) is 11.4 Å². The van der Waals surface area contributed by atoms with Gasteiger partial charge < -0.3 is 20.3 Å². The first-order valence-electron chi connectivity index (χ1n) is 11.6. The van der Waals surface area contributed by atoms with Crippen molar-refractivity contribution in [1.82, 2.24) is 15.0 Å². The van der Waals surface area contributed by atoms with E-state index in [9.17, 15) is 26.5 Å². The fraction of sp³-hybridized carbons (Fsp3) is 0.125. The van der Waals surface area contributed by atoms with Crippen LogP contribution in [-0.4, -0.2) is 53.8 Å². The van der Waals surface area contributed by atoms with Gasteiger partial charge in [-0.1, -0.05) is 6.07 Å². The fourth-order valence-electron chi connectivity index (χ4n) is 3.27. The Morgan fingerprint density at radius 1 is 0.881 bits per heavy atom. The van der Waals surface area contributed by atoms with Gasteiger partial charge in [0.1, 0.15) is 11.4 Å². The Balaban J connectivity index is 0.00000484. The molecule has 0 aliphatic rings. The van der Waals surface area contributed by atoms with Crippen molar-refractivity contribution in [2.75, 3.05) is 23.0 Å². The number of azo groups is 1. The van der Waals surface area contributed by atoms with E-state index in [0.29, 0.717) is 22.7 Å². The van der Waals surface area contributed by atoms with Gasteiger partial charge in [-0.3, -0.25) is 4.18 Å². The summed E-state index contributed by atoms with van der Waals surface area (Å²) in [5.41, 5.74) is 2.86. The van der Waals surface area contributed by atoms with Crippen LogP contribution in [0.1, 0.15) is 5.56 Å². The number of aryl methyl sites for hydroxylation is 1. The van der Waals surface area contributed by atoms with Crippen LogP contribution >= 0.6 is 11.6 Å². The van der Waals surface area contributed by atoms with E-state index in [0.717, 1.165) is 5.56 Å². The van der Waals surface area contributed by atoms with Gasteiger partial charge in [-0.05, 0) is 84.8 Å². The SMILES string of the molecule is Cc1ccc(O)c(N=Nc2ccc(Nc3nc(Cl)nc(Nc4ccc(S(=O)(=O)CCOS(=O)(=O)[O-])cc4)n3)cc2)c1.[Na+]. The Hall–Kier alpha value is -3.22. The number of phenolic OH excluding ortho intramolecular Hbond substituents is 1. The number of nitrogens with zero attached hydrogens (tertiary/aromatic N) is 5. The third kappa shape index (κ3) is 9.95. The smallest absolute Gasteiger partial charge is 0.726 e. The molecule has 4 aromatic rings. The molecule has 0 unspecified atom stereocenters. The summed E-state index contributed by atoms with van der Waals surface area (Å²) < 4.78 is 60.1. The van der Waals surface area contributed by atoms with Gasteiger partial charge in [-0.15, -0.1) is 5.11 Å². The van der Waals surface area contributed by atoms with Crippen LogP contribution < -0.4 is 40.2 Å². The van der Waals surface area contributed by atoms with Crippen molar-refractivity contribution in [2.45, 2.75) is 11.8 Å². The maximum Gasteiger partial charge on any atom is 1.00 e. The Labute approximate surface area is 268 Å². The number of benzene rings is 3. The first-order chi connectivity index (χ1) is 19.4. The number of hydrogen-bond donors (Lipinski definition) is 3. The molecule has 42 heavy (non-hydrogen) atoms. The standard InChI is InChI=1S/C24H22ClN7O7S2.Na/c1-15-2-11-21(33)20(14-15)32-31-18-5-3-16(4-6-18)26-23-28-22(25)29-24(30-23)27-17-7-9-19(10-8-17)40(34,35)13-12-39-41(36,37)38;/h2-11,14,33H,12-13H2,1H3,(H,36,37,38)(H2,26,27,28,29,30);/q;+1/p-1. The minimum absolute atomic E-state index is 0. The number of phenols is 1. The zero-order valence-electron chi connectivity index (χ0n) is 22.1. The largest absolute Gasteiger partial charge is 1.00 e. The van der Waals surface area contributed by atoms with Crippen molar-refractivity contribution in [3.63, 3.8) is 0 Å². The molecule has 0 amide bonds. The molecule has 3 aromatic carbocycles. The summed E-state index contributed by atoms with van der Waals surface area (Å²) in [5, 5.41) is 23.9. The minimum Gasteiger partial charge on any atom is -0.726 e. The summed E-state index contributed by atoms with van der Waals surface area (Å²) in [6, 6.07) is 17.3. The first kappa shape index (κ1) is 33.3. The molecule has 4 rings (SSSR count). The predicted octanol–water partition coefficient (Wildman–Crippen LogP) is 1.70. The molecule has 0 saturated carbocycles. The topological polar surface area (TPSA) is 208 Å². The van der Waals surface area contributed by atoms with Gasteiger partial charge in [0.25, 0.3) is 0 Å². The quantitative estimate of drug-likeness (QED) is 0.0925. The van der Waals surface area contributed by atoms with Crippen LogP contribution in [0.3, 0.4) is 0 Å². The van der Waals surface area contributed by atoms with Crippen molar-refractivity contribution in [1.29, 1.82) is 0 Å². The number of sulfone groups is 1.